The molecule has 1 unspecified atom stereocenters. The summed E-state index contributed by atoms with van der Waals surface area (Å²) in [6, 6.07) is 7.37. The first-order chi connectivity index (χ1) is 15.8. The summed E-state index contributed by atoms with van der Waals surface area (Å²) in [6.45, 7) is 0.154. The molecule has 0 saturated heterocycles. The number of nitrogens with two attached hydrogens (primary N) is 1. The van der Waals surface area contributed by atoms with Crippen molar-refractivity contribution in [2.24, 2.45) is 5.92 Å². The van der Waals surface area contributed by atoms with Crippen molar-refractivity contribution in [2.45, 2.75) is 26.0 Å². The Bertz CT molecular complexity index is 1260. The number of hydrogen-bond acceptors (Lipinski definition) is 9. The average molecular weight is 540 g/mol. The van der Waals surface area contributed by atoms with Gasteiger partial charge in [-0.05, 0) is 30.5 Å². The van der Waals surface area contributed by atoms with E-state index < -0.39 is 13.2 Å². The Kier molecular flexibility index (Phi) is 7.40. The zero-order valence-corrected chi connectivity index (χ0v) is 20.1. The summed E-state index contributed by atoms with van der Waals surface area (Å²) >= 11 is 3.38. The maximum atomic E-state index is 13.3. The number of benzene rings is 1. The van der Waals surface area contributed by atoms with Gasteiger partial charge in [-0.2, -0.15) is 4.98 Å². The fraction of sp³-hybridized carbons (Fsp3) is 0.400. The molecule has 0 radical (unpaired) electrons. The minimum absolute atomic E-state index is 0.0120. The monoisotopic (exact) mass is 539 g/mol. The van der Waals surface area contributed by atoms with Crippen molar-refractivity contribution in [3.63, 3.8) is 0 Å². The van der Waals surface area contributed by atoms with Gasteiger partial charge in [0.2, 0.25) is 5.95 Å². The molecule has 3 N–H and O–H groups in total. The maximum Gasteiger partial charge on any atom is 0.356 e. The highest BCUT2D eigenvalue weighted by Gasteiger charge is 2.33. The number of Topliss-reactive ketones (excluding diaryl/α,β-unsaturated/α-hetero) is 1. The Labute approximate surface area is 197 Å². The smallest absolute Gasteiger partial charge is 0.356 e. The van der Waals surface area contributed by atoms with Crippen LogP contribution in [-0.4, -0.2) is 44.9 Å². The van der Waals surface area contributed by atoms with Crippen molar-refractivity contribution in [3.05, 3.63) is 51.0 Å². The van der Waals surface area contributed by atoms with Gasteiger partial charge in [0.1, 0.15) is 13.0 Å². The Balaban J connectivity index is 1.36. The number of carbonyl (C=O) groups is 1. The van der Waals surface area contributed by atoms with Crippen LogP contribution in [0.3, 0.4) is 0 Å². The molecule has 1 saturated carbocycles. The number of imidazole rings is 1. The second kappa shape index (κ2) is 10.3. The number of H-pyrrole nitrogens is 1. The molecule has 176 valence electrons. The van der Waals surface area contributed by atoms with Crippen LogP contribution < -0.4 is 11.3 Å². The van der Waals surface area contributed by atoms with E-state index in [0.29, 0.717) is 5.65 Å². The lowest BCUT2D eigenvalue weighted by Gasteiger charge is -2.19. The first kappa shape index (κ1) is 23.8. The van der Waals surface area contributed by atoms with Gasteiger partial charge in [0, 0.05) is 16.9 Å². The zero-order valence-electron chi connectivity index (χ0n) is 17.6. The van der Waals surface area contributed by atoms with Crippen molar-refractivity contribution < 1.29 is 23.1 Å². The van der Waals surface area contributed by atoms with E-state index in [1.807, 2.05) is 24.3 Å². The quantitative estimate of drug-likeness (QED) is 0.261. The number of nitrogens with zero attached hydrogens (tertiary/aromatic N) is 3. The summed E-state index contributed by atoms with van der Waals surface area (Å²) in [4.78, 5) is 34.4. The van der Waals surface area contributed by atoms with E-state index in [-0.39, 0.29) is 55.9 Å². The van der Waals surface area contributed by atoms with Crippen LogP contribution in [0.25, 0.3) is 11.2 Å². The van der Waals surface area contributed by atoms with Crippen LogP contribution in [0.4, 0.5) is 5.95 Å². The molecule has 2 aromatic heterocycles. The minimum Gasteiger partial charge on any atom is -0.369 e. The van der Waals surface area contributed by atoms with Gasteiger partial charge in [-0.25, -0.2) is 4.98 Å². The molecule has 2 heterocycles. The summed E-state index contributed by atoms with van der Waals surface area (Å²) in [6.07, 6.45) is 2.79. The van der Waals surface area contributed by atoms with E-state index in [0.717, 1.165) is 22.9 Å². The van der Waals surface area contributed by atoms with Gasteiger partial charge in [-0.3, -0.25) is 23.7 Å². The van der Waals surface area contributed by atoms with Crippen LogP contribution in [0.15, 0.2) is 39.9 Å². The highest BCUT2D eigenvalue weighted by atomic mass is 79.9. The van der Waals surface area contributed by atoms with E-state index in [4.69, 9.17) is 19.5 Å². The number of rotatable bonds is 12. The van der Waals surface area contributed by atoms with Crippen LogP contribution in [0.5, 0.6) is 0 Å². The van der Waals surface area contributed by atoms with Crippen molar-refractivity contribution in [1.29, 1.82) is 0 Å². The first-order valence-corrected chi connectivity index (χ1v) is 12.8. The topological polar surface area (TPSA) is 151 Å². The molecule has 3 aromatic rings. The lowest BCUT2D eigenvalue weighted by Crippen LogP contribution is -2.14. The maximum absolute atomic E-state index is 13.3. The number of aromatic amines is 1. The van der Waals surface area contributed by atoms with Crippen molar-refractivity contribution in [2.75, 3.05) is 25.3 Å². The summed E-state index contributed by atoms with van der Waals surface area (Å²) in [7, 11) is -3.71. The molecule has 1 atom stereocenters. The molecule has 4 rings (SSSR count). The van der Waals surface area contributed by atoms with E-state index in [1.165, 1.54) is 6.33 Å². The summed E-state index contributed by atoms with van der Waals surface area (Å²) in [5, 5.41) is 0. The molecule has 33 heavy (non-hydrogen) atoms. The van der Waals surface area contributed by atoms with E-state index in [2.05, 4.69) is 30.9 Å². The number of fused-ring (bicyclic) bond motifs is 1. The highest BCUT2D eigenvalue weighted by molar-refractivity contribution is 9.10. The molecular formula is C20H23BrN5O6P. The fourth-order valence-corrected chi connectivity index (χ4v) is 4.76. The van der Waals surface area contributed by atoms with Gasteiger partial charge in [-0.1, -0.05) is 28.1 Å². The molecule has 1 aliphatic carbocycles. The van der Waals surface area contributed by atoms with Gasteiger partial charge in [0.05, 0.1) is 19.5 Å². The number of aromatic nitrogens is 4. The number of carbonyl (C=O) groups excluding carboxylic acids is 1. The highest BCUT2D eigenvalue weighted by Crippen LogP contribution is 2.49. The van der Waals surface area contributed by atoms with Crippen LogP contribution in [0, 0.1) is 5.92 Å². The molecule has 1 aliphatic rings. The average Bonchev–Trinajstić information content (AvgIpc) is 3.55. The Morgan fingerprint density at radius 1 is 1.33 bits per heavy atom. The number of anilines is 1. The minimum atomic E-state index is -3.71. The number of ether oxygens (including phenoxy) is 1. The van der Waals surface area contributed by atoms with E-state index in [9.17, 15) is 14.2 Å². The molecule has 0 bridgehead atoms. The molecule has 13 heteroatoms. The molecule has 0 amide bonds. The predicted molar refractivity (Wildman–Crippen MR) is 124 cm³/mol. The van der Waals surface area contributed by atoms with Gasteiger partial charge in [-0.15, -0.1) is 0 Å². The summed E-state index contributed by atoms with van der Waals surface area (Å²) in [5.74, 6) is -0.114. The first-order valence-electron chi connectivity index (χ1n) is 10.3. The number of nitrogens with one attached hydrogen (secondary N) is 1. The molecule has 0 aliphatic heterocycles. The second-order valence-corrected chi connectivity index (χ2v) is 10.5. The zero-order chi connectivity index (χ0) is 23.4. The van der Waals surface area contributed by atoms with E-state index >= 15 is 0 Å². The van der Waals surface area contributed by atoms with Crippen molar-refractivity contribution in [1.82, 2.24) is 19.5 Å². The van der Waals surface area contributed by atoms with Crippen LogP contribution >= 0.6 is 23.5 Å². The van der Waals surface area contributed by atoms with Crippen LogP contribution in [0.1, 0.15) is 18.4 Å². The Morgan fingerprint density at radius 3 is 2.91 bits per heavy atom. The van der Waals surface area contributed by atoms with Crippen LogP contribution in [-0.2, 0) is 36.3 Å². The third kappa shape index (κ3) is 6.36. The normalized spacial score (nSPS) is 15.5. The number of hydrogen-bond donors (Lipinski definition) is 2. The van der Waals surface area contributed by atoms with Crippen LogP contribution in [0.2, 0.25) is 0 Å². The van der Waals surface area contributed by atoms with Gasteiger partial charge >= 0.3 is 7.60 Å². The fourth-order valence-electron chi connectivity index (χ4n) is 3.07. The lowest BCUT2D eigenvalue weighted by atomic mass is 10.2. The number of nitrogen functional groups attached to an aromatic ring is 1. The number of halogens is 1. The third-order valence-corrected chi connectivity index (χ3v) is 7.01. The number of ketones is 1. The molecular weight excluding hydrogens is 517 g/mol. The van der Waals surface area contributed by atoms with Gasteiger partial charge < -0.3 is 19.6 Å². The summed E-state index contributed by atoms with van der Waals surface area (Å²) in [5.41, 5.74) is 6.44. The van der Waals surface area contributed by atoms with Crippen molar-refractivity contribution in [3.8, 4) is 0 Å². The largest absolute Gasteiger partial charge is 0.369 e. The Hall–Kier alpha value is -2.37. The predicted octanol–water partition coefficient (Wildman–Crippen LogP) is 2.84. The third-order valence-electron chi connectivity index (χ3n) is 4.97. The molecule has 0 spiro atoms. The van der Waals surface area contributed by atoms with Gasteiger partial charge in [0.15, 0.2) is 16.9 Å². The SMILES string of the molecule is Nc1nc2c(ncn2CCOCP(=O)(OCC(=O)C2CC2)OCc2cccc(Br)c2)c(=O)[nH]1. The van der Waals surface area contributed by atoms with E-state index in [1.54, 1.807) is 4.57 Å². The summed E-state index contributed by atoms with van der Waals surface area (Å²) < 4.78 is 32.3. The molecule has 11 nitrogen and oxygen atoms in total. The van der Waals surface area contributed by atoms with Crippen molar-refractivity contribution >= 4 is 46.4 Å². The lowest BCUT2D eigenvalue weighted by molar-refractivity contribution is -0.122. The standard InChI is InChI=1S/C20H23BrN5O6P/c21-15-3-1-2-13(8-15)9-31-33(29,32-10-16(27)14-4-5-14)12-30-7-6-26-11-23-17-18(26)24-20(22)25-19(17)28/h1-3,8,11,14H,4-7,9-10,12H2,(H3,22,24,25,28). The molecule has 1 aromatic carbocycles. The molecule has 1 fully saturated rings. The van der Waals surface area contributed by atoms with Gasteiger partial charge in [0.25, 0.3) is 5.56 Å². The Morgan fingerprint density at radius 2 is 2.15 bits per heavy atom. The second-order valence-electron chi connectivity index (χ2n) is 7.63.